The minimum Gasteiger partial charge on any atom is -0.497 e. The average molecular weight is 483 g/mol. The van der Waals surface area contributed by atoms with E-state index in [1.54, 1.807) is 7.11 Å². The van der Waals surface area contributed by atoms with Gasteiger partial charge in [-0.05, 0) is 50.0 Å². The Hall–Kier alpha value is -2.76. The second kappa shape index (κ2) is 10.4. The van der Waals surface area contributed by atoms with Crippen LogP contribution in [0.3, 0.4) is 0 Å². The second-order valence-corrected chi connectivity index (χ2v) is 9.81. The van der Waals surface area contributed by atoms with Crippen molar-refractivity contribution in [3.63, 3.8) is 0 Å². The molecule has 0 bridgehead atoms. The van der Waals surface area contributed by atoms with E-state index in [1.807, 2.05) is 43.3 Å². The summed E-state index contributed by atoms with van der Waals surface area (Å²) >= 11 is 0. The minimum absolute atomic E-state index is 0.0126. The van der Waals surface area contributed by atoms with E-state index in [1.165, 1.54) is 4.90 Å². The molecule has 1 atom stereocenters. The van der Waals surface area contributed by atoms with Crippen molar-refractivity contribution in [3.05, 3.63) is 59.7 Å². The lowest BCUT2D eigenvalue weighted by Crippen LogP contribution is -2.53. The molecule has 0 aromatic heterocycles. The number of nitrogens with zero attached hydrogens (tertiary/aromatic N) is 3. The number of likely N-dealkylation sites (N-methyl/N-ethyl adjacent to an activating group) is 1. The Bertz CT molecular complexity index is 1070. The van der Waals surface area contributed by atoms with Gasteiger partial charge in [-0.3, -0.25) is 0 Å². The van der Waals surface area contributed by atoms with Crippen molar-refractivity contribution in [1.29, 1.82) is 0 Å². The summed E-state index contributed by atoms with van der Waals surface area (Å²) in [5.41, 5.74) is 1.01. The van der Waals surface area contributed by atoms with Gasteiger partial charge in [0.05, 0.1) is 13.2 Å². The Kier molecular flexibility index (Phi) is 7.88. The molecule has 1 heterocycles. The lowest BCUT2D eigenvalue weighted by atomic mass is 10.1. The van der Waals surface area contributed by atoms with Crippen molar-refractivity contribution in [1.82, 2.24) is 19.4 Å². The van der Waals surface area contributed by atoms with Crippen LogP contribution in [0.2, 0.25) is 0 Å². The van der Waals surface area contributed by atoms with Gasteiger partial charge in [0.2, 0.25) is 10.0 Å². The smallest absolute Gasteiger partial charge is 0.317 e. The zero-order valence-corrected chi connectivity index (χ0v) is 19.6. The standard InChI is InChI=1S/C22H28F2N4O4S/c1-26(2)20(16-4-7-18(32-3)8-5-16)15-25-22(29)27-10-12-28(13-11-27)33(30,31)21-14-17(23)6-9-19(21)24/h4-9,14,20H,10-13,15H2,1-3H3,(H,25,29). The third kappa shape index (κ3) is 5.79. The quantitative estimate of drug-likeness (QED) is 0.655. The highest BCUT2D eigenvalue weighted by atomic mass is 32.2. The molecule has 1 unspecified atom stereocenters. The number of methoxy groups -OCH3 is 1. The van der Waals surface area contributed by atoms with Gasteiger partial charge in [0, 0.05) is 32.7 Å². The molecule has 1 N–H and O–H groups in total. The van der Waals surface area contributed by atoms with Crippen LogP contribution in [0.4, 0.5) is 13.6 Å². The Balaban J connectivity index is 1.59. The third-order valence-electron chi connectivity index (χ3n) is 5.61. The Morgan fingerprint density at radius 3 is 2.30 bits per heavy atom. The molecule has 180 valence electrons. The molecular formula is C22H28F2N4O4S. The molecule has 11 heteroatoms. The number of carbonyl (C=O) groups is 1. The third-order valence-corrected chi connectivity index (χ3v) is 7.52. The van der Waals surface area contributed by atoms with Gasteiger partial charge in [-0.25, -0.2) is 22.0 Å². The van der Waals surface area contributed by atoms with Crippen molar-refractivity contribution in [2.24, 2.45) is 0 Å². The number of benzene rings is 2. The maximum atomic E-state index is 14.0. The molecule has 1 aliphatic heterocycles. The van der Waals surface area contributed by atoms with E-state index in [0.29, 0.717) is 12.6 Å². The van der Waals surface area contributed by atoms with Crippen LogP contribution in [-0.4, -0.2) is 82.5 Å². The van der Waals surface area contributed by atoms with Gasteiger partial charge in [0.15, 0.2) is 0 Å². The van der Waals surface area contributed by atoms with Crippen LogP contribution in [0, 0.1) is 11.6 Å². The zero-order chi connectivity index (χ0) is 24.2. The van der Waals surface area contributed by atoms with Gasteiger partial charge < -0.3 is 19.9 Å². The van der Waals surface area contributed by atoms with Crippen LogP contribution in [0.1, 0.15) is 11.6 Å². The van der Waals surface area contributed by atoms with E-state index in [0.717, 1.165) is 27.8 Å². The summed E-state index contributed by atoms with van der Waals surface area (Å²) in [6.45, 7) is 0.599. The Morgan fingerprint density at radius 2 is 1.73 bits per heavy atom. The van der Waals surface area contributed by atoms with Crippen LogP contribution in [0.25, 0.3) is 0 Å². The monoisotopic (exact) mass is 482 g/mol. The summed E-state index contributed by atoms with van der Waals surface area (Å²) in [6.07, 6.45) is 0. The van der Waals surface area contributed by atoms with Gasteiger partial charge in [0.25, 0.3) is 0 Å². The SMILES string of the molecule is COc1ccc(C(CNC(=O)N2CCN(S(=O)(=O)c3cc(F)ccc3F)CC2)N(C)C)cc1. The molecule has 2 aromatic carbocycles. The number of hydrogen-bond acceptors (Lipinski definition) is 5. The second-order valence-electron chi connectivity index (χ2n) is 7.90. The predicted molar refractivity (Wildman–Crippen MR) is 120 cm³/mol. The number of rotatable bonds is 7. The van der Waals surface area contributed by atoms with E-state index < -0.39 is 26.6 Å². The number of hydrogen-bond donors (Lipinski definition) is 1. The van der Waals surface area contributed by atoms with Crippen LogP contribution >= 0.6 is 0 Å². The van der Waals surface area contributed by atoms with E-state index >= 15 is 0 Å². The molecule has 1 aliphatic rings. The zero-order valence-electron chi connectivity index (χ0n) is 18.8. The van der Waals surface area contributed by atoms with Crippen molar-refractivity contribution < 1.29 is 26.7 Å². The topological polar surface area (TPSA) is 82.2 Å². The van der Waals surface area contributed by atoms with Crippen molar-refractivity contribution in [2.75, 3.05) is 53.9 Å². The maximum absolute atomic E-state index is 14.0. The largest absolute Gasteiger partial charge is 0.497 e. The van der Waals surface area contributed by atoms with Crippen molar-refractivity contribution in [3.8, 4) is 5.75 Å². The first-order valence-electron chi connectivity index (χ1n) is 10.4. The highest BCUT2D eigenvalue weighted by molar-refractivity contribution is 7.89. The summed E-state index contributed by atoms with van der Waals surface area (Å²) in [6, 6.07) is 9.52. The lowest BCUT2D eigenvalue weighted by molar-refractivity contribution is 0.168. The first-order chi connectivity index (χ1) is 15.6. The van der Waals surface area contributed by atoms with Crippen molar-refractivity contribution in [2.45, 2.75) is 10.9 Å². The lowest BCUT2D eigenvalue weighted by Gasteiger charge is -2.34. The fourth-order valence-corrected chi connectivity index (χ4v) is 5.16. The first kappa shape index (κ1) is 24.9. The Labute approximate surface area is 192 Å². The van der Waals surface area contributed by atoms with Gasteiger partial charge in [-0.15, -0.1) is 0 Å². The number of nitrogens with one attached hydrogen (secondary N) is 1. The van der Waals surface area contributed by atoms with E-state index in [2.05, 4.69) is 5.32 Å². The Morgan fingerprint density at radius 1 is 1.09 bits per heavy atom. The van der Waals surface area contributed by atoms with E-state index in [9.17, 15) is 22.0 Å². The fourth-order valence-electron chi connectivity index (χ4n) is 3.67. The fraction of sp³-hybridized carbons (Fsp3) is 0.409. The van der Waals surface area contributed by atoms with Crippen LogP contribution in [-0.2, 0) is 10.0 Å². The van der Waals surface area contributed by atoms with E-state index in [4.69, 9.17) is 4.74 Å². The molecule has 0 saturated carbocycles. The number of amides is 2. The molecule has 0 aliphatic carbocycles. The molecule has 1 saturated heterocycles. The molecular weight excluding hydrogens is 454 g/mol. The molecule has 33 heavy (non-hydrogen) atoms. The van der Waals surface area contributed by atoms with E-state index in [-0.39, 0.29) is 38.3 Å². The van der Waals surface area contributed by atoms with Crippen LogP contribution < -0.4 is 10.1 Å². The number of halogens is 2. The molecule has 0 radical (unpaired) electrons. The molecule has 8 nitrogen and oxygen atoms in total. The van der Waals surface area contributed by atoms with Gasteiger partial charge in [-0.1, -0.05) is 12.1 Å². The molecule has 1 fully saturated rings. The average Bonchev–Trinajstić information content (AvgIpc) is 2.80. The molecule has 2 amide bonds. The molecule has 2 aromatic rings. The summed E-state index contributed by atoms with van der Waals surface area (Å²) in [7, 11) is 1.22. The maximum Gasteiger partial charge on any atom is 0.317 e. The summed E-state index contributed by atoms with van der Waals surface area (Å²) < 4.78 is 59.1. The molecule has 3 rings (SSSR count). The summed E-state index contributed by atoms with van der Waals surface area (Å²) in [4.78, 5) is 15.5. The number of carbonyl (C=O) groups excluding carboxylic acids is 1. The highest BCUT2D eigenvalue weighted by Gasteiger charge is 2.32. The number of piperazine rings is 1. The van der Waals surface area contributed by atoms with Crippen LogP contribution in [0.15, 0.2) is 47.4 Å². The number of urea groups is 1. The highest BCUT2D eigenvalue weighted by Crippen LogP contribution is 2.23. The van der Waals surface area contributed by atoms with Crippen molar-refractivity contribution >= 4 is 16.1 Å². The first-order valence-corrected chi connectivity index (χ1v) is 11.9. The summed E-state index contributed by atoms with van der Waals surface area (Å²) in [5, 5.41) is 2.90. The molecule has 0 spiro atoms. The van der Waals surface area contributed by atoms with Crippen LogP contribution in [0.5, 0.6) is 5.75 Å². The van der Waals surface area contributed by atoms with Gasteiger partial charge in [-0.2, -0.15) is 4.31 Å². The minimum atomic E-state index is -4.20. The number of sulfonamides is 1. The summed E-state index contributed by atoms with van der Waals surface area (Å²) in [5.74, 6) is -1.10. The van der Waals surface area contributed by atoms with Gasteiger partial charge >= 0.3 is 6.03 Å². The van der Waals surface area contributed by atoms with Gasteiger partial charge in [0.1, 0.15) is 22.3 Å². The normalized spacial score (nSPS) is 16.0. The predicted octanol–water partition coefficient (Wildman–Crippen LogP) is 2.29. The number of ether oxygens (including phenoxy) is 1.